The Morgan fingerprint density at radius 1 is 1.00 bits per heavy atom. The molecule has 94 valence electrons. The summed E-state index contributed by atoms with van der Waals surface area (Å²) in [5.41, 5.74) is 11.0. The number of hydrogen-bond acceptors (Lipinski definition) is 2. The molecule has 0 bridgehead atoms. The van der Waals surface area contributed by atoms with Crippen molar-refractivity contribution in [3.63, 3.8) is 0 Å². The normalized spacial score (nSPS) is 10.8. The first-order valence-electron chi connectivity index (χ1n) is 6.52. The third-order valence-electron chi connectivity index (χ3n) is 3.37. The van der Waals surface area contributed by atoms with E-state index in [0.29, 0.717) is 0 Å². The van der Waals surface area contributed by atoms with Gasteiger partial charge in [0.2, 0.25) is 0 Å². The van der Waals surface area contributed by atoms with Crippen molar-refractivity contribution in [3.05, 3.63) is 60.2 Å². The maximum atomic E-state index is 5.85. The number of para-hydroxylation sites is 1. The lowest BCUT2D eigenvalue weighted by molar-refractivity contribution is 1.15. The quantitative estimate of drug-likeness (QED) is 0.695. The second-order valence-electron chi connectivity index (χ2n) is 4.66. The van der Waals surface area contributed by atoms with Gasteiger partial charge in [-0.25, -0.2) is 4.98 Å². The average molecular weight is 248 g/mol. The number of nitrogens with two attached hydrogens (primary N) is 1. The van der Waals surface area contributed by atoms with Crippen molar-refractivity contribution in [1.82, 2.24) is 4.98 Å². The molecule has 0 radical (unpaired) electrons. The van der Waals surface area contributed by atoms with Crippen LogP contribution < -0.4 is 5.73 Å². The monoisotopic (exact) mass is 248 g/mol. The molecular weight excluding hydrogens is 232 g/mol. The molecule has 2 heteroatoms. The summed E-state index contributed by atoms with van der Waals surface area (Å²) in [6.07, 6.45) is 0.998. The van der Waals surface area contributed by atoms with Gasteiger partial charge in [-0.2, -0.15) is 0 Å². The molecule has 0 fully saturated rings. The Kier molecular flexibility index (Phi) is 2.92. The SMILES string of the molecule is CCc1cc(-c2cccc(N)c2)nc2ccccc12. The van der Waals surface area contributed by atoms with E-state index in [4.69, 9.17) is 10.7 Å². The fraction of sp³-hybridized carbons (Fsp3) is 0.118. The molecule has 3 aromatic rings. The van der Waals surface area contributed by atoms with Crippen molar-refractivity contribution in [2.24, 2.45) is 0 Å². The summed E-state index contributed by atoms with van der Waals surface area (Å²) >= 11 is 0. The van der Waals surface area contributed by atoms with E-state index in [2.05, 4.69) is 31.2 Å². The summed E-state index contributed by atoms with van der Waals surface area (Å²) in [5, 5.41) is 1.23. The van der Waals surface area contributed by atoms with E-state index in [-0.39, 0.29) is 0 Å². The van der Waals surface area contributed by atoms with E-state index in [0.717, 1.165) is 28.9 Å². The van der Waals surface area contributed by atoms with Gasteiger partial charge in [0.25, 0.3) is 0 Å². The number of fused-ring (bicyclic) bond motifs is 1. The third-order valence-corrected chi connectivity index (χ3v) is 3.37. The van der Waals surface area contributed by atoms with Crippen molar-refractivity contribution >= 4 is 16.6 Å². The summed E-state index contributed by atoms with van der Waals surface area (Å²) in [5.74, 6) is 0. The zero-order chi connectivity index (χ0) is 13.2. The Labute approximate surface area is 112 Å². The molecule has 0 saturated carbocycles. The van der Waals surface area contributed by atoms with Gasteiger partial charge in [-0.15, -0.1) is 0 Å². The minimum absolute atomic E-state index is 0.769. The summed E-state index contributed by atoms with van der Waals surface area (Å²) in [6, 6.07) is 18.3. The van der Waals surface area contributed by atoms with Crippen LogP contribution in [0.4, 0.5) is 5.69 Å². The van der Waals surface area contributed by atoms with E-state index in [1.807, 2.05) is 30.3 Å². The van der Waals surface area contributed by atoms with Crippen molar-refractivity contribution in [1.29, 1.82) is 0 Å². The predicted octanol–water partition coefficient (Wildman–Crippen LogP) is 4.05. The molecule has 0 aliphatic rings. The minimum atomic E-state index is 0.769. The first-order valence-corrected chi connectivity index (χ1v) is 6.52. The highest BCUT2D eigenvalue weighted by Gasteiger charge is 2.06. The van der Waals surface area contributed by atoms with Gasteiger partial charge in [0.15, 0.2) is 0 Å². The number of anilines is 1. The molecule has 2 aromatic carbocycles. The lowest BCUT2D eigenvalue weighted by Crippen LogP contribution is -1.92. The second-order valence-corrected chi connectivity index (χ2v) is 4.66. The molecule has 0 amide bonds. The smallest absolute Gasteiger partial charge is 0.0713 e. The highest BCUT2D eigenvalue weighted by molar-refractivity contribution is 5.85. The van der Waals surface area contributed by atoms with Gasteiger partial charge in [0.1, 0.15) is 0 Å². The molecular formula is C17H16N2. The molecule has 1 heterocycles. The van der Waals surface area contributed by atoms with Crippen LogP contribution in [0, 0.1) is 0 Å². The number of nitrogens with zero attached hydrogens (tertiary/aromatic N) is 1. The van der Waals surface area contributed by atoms with Gasteiger partial charge in [0, 0.05) is 16.6 Å². The minimum Gasteiger partial charge on any atom is -0.399 e. The molecule has 0 atom stereocenters. The molecule has 0 spiro atoms. The number of benzene rings is 2. The maximum Gasteiger partial charge on any atom is 0.0713 e. The van der Waals surface area contributed by atoms with Crippen LogP contribution in [-0.4, -0.2) is 4.98 Å². The van der Waals surface area contributed by atoms with Crippen LogP contribution >= 0.6 is 0 Å². The molecule has 0 aliphatic heterocycles. The highest BCUT2D eigenvalue weighted by Crippen LogP contribution is 2.26. The van der Waals surface area contributed by atoms with Crippen molar-refractivity contribution < 1.29 is 0 Å². The highest BCUT2D eigenvalue weighted by atomic mass is 14.7. The second kappa shape index (κ2) is 4.73. The van der Waals surface area contributed by atoms with Crippen LogP contribution in [-0.2, 0) is 6.42 Å². The van der Waals surface area contributed by atoms with Gasteiger partial charge < -0.3 is 5.73 Å². The number of pyridine rings is 1. The van der Waals surface area contributed by atoms with Gasteiger partial charge in [-0.3, -0.25) is 0 Å². The lowest BCUT2D eigenvalue weighted by Gasteiger charge is -2.08. The predicted molar refractivity (Wildman–Crippen MR) is 81.0 cm³/mol. The zero-order valence-corrected chi connectivity index (χ0v) is 10.9. The Hall–Kier alpha value is -2.35. The van der Waals surface area contributed by atoms with E-state index in [1.165, 1.54) is 10.9 Å². The fourth-order valence-corrected chi connectivity index (χ4v) is 2.39. The molecule has 1 aromatic heterocycles. The first kappa shape index (κ1) is 11.7. The maximum absolute atomic E-state index is 5.85. The Morgan fingerprint density at radius 2 is 1.84 bits per heavy atom. The van der Waals surface area contributed by atoms with Crippen molar-refractivity contribution in [3.8, 4) is 11.3 Å². The Bertz CT molecular complexity index is 732. The van der Waals surface area contributed by atoms with Crippen LogP contribution in [0.1, 0.15) is 12.5 Å². The number of aryl methyl sites for hydroxylation is 1. The summed E-state index contributed by atoms with van der Waals surface area (Å²) in [6.45, 7) is 2.17. The van der Waals surface area contributed by atoms with Gasteiger partial charge in [0.05, 0.1) is 11.2 Å². The molecule has 3 rings (SSSR count). The molecule has 0 saturated heterocycles. The summed E-state index contributed by atoms with van der Waals surface area (Å²) in [4.78, 5) is 4.74. The molecule has 19 heavy (non-hydrogen) atoms. The molecule has 2 N–H and O–H groups in total. The largest absolute Gasteiger partial charge is 0.399 e. The van der Waals surface area contributed by atoms with Crippen LogP contribution in [0.2, 0.25) is 0 Å². The topological polar surface area (TPSA) is 38.9 Å². The molecule has 2 nitrogen and oxygen atoms in total. The van der Waals surface area contributed by atoms with Crippen LogP contribution in [0.25, 0.3) is 22.2 Å². The van der Waals surface area contributed by atoms with E-state index < -0.39 is 0 Å². The van der Waals surface area contributed by atoms with E-state index in [9.17, 15) is 0 Å². The zero-order valence-electron chi connectivity index (χ0n) is 10.9. The summed E-state index contributed by atoms with van der Waals surface area (Å²) < 4.78 is 0. The number of rotatable bonds is 2. The van der Waals surface area contributed by atoms with Gasteiger partial charge in [-0.1, -0.05) is 37.3 Å². The number of nitrogen functional groups attached to an aromatic ring is 1. The number of hydrogen-bond donors (Lipinski definition) is 1. The van der Waals surface area contributed by atoms with Crippen molar-refractivity contribution in [2.45, 2.75) is 13.3 Å². The first-order chi connectivity index (χ1) is 9.28. The number of aromatic nitrogens is 1. The fourth-order valence-electron chi connectivity index (χ4n) is 2.39. The van der Waals surface area contributed by atoms with Crippen molar-refractivity contribution in [2.75, 3.05) is 5.73 Å². The Balaban J connectivity index is 2.25. The lowest BCUT2D eigenvalue weighted by atomic mass is 10.0. The molecule has 0 aliphatic carbocycles. The summed E-state index contributed by atoms with van der Waals surface area (Å²) in [7, 11) is 0. The van der Waals surface area contributed by atoms with Crippen LogP contribution in [0.5, 0.6) is 0 Å². The molecule has 0 unspecified atom stereocenters. The van der Waals surface area contributed by atoms with Crippen LogP contribution in [0.15, 0.2) is 54.6 Å². The van der Waals surface area contributed by atoms with Gasteiger partial charge in [-0.05, 0) is 36.2 Å². The van der Waals surface area contributed by atoms with Crippen LogP contribution in [0.3, 0.4) is 0 Å². The van der Waals surface area contributed by atoms with E-state index in [1.54, 1.807) is 0 Å². The van der Waals surface area contributed by atoms with Gasteiger partial charge >= 0.3 is 0 Å². The third kappa shape index (κ3) is 2.17. The standard InChI is InChI=1S/C17H16N2/c1-2-12-11-17(13-6-5-7-14(18)10-13)19-16-9-4-3-8-15(12)16/h3-11H,2,18H2,1H3. The Morgan fingerprint density at radius 3 is 2.63 bits per heavy atom. The van der Waals surface area contributed by atoms with E-state index >= 15 is 0 Å². The average Bonchev–Trinajstić information content (AvgIpc) is 2.46.